The molecule has 1 atom stereocenters. The first-order chi connectivity index (χ1) is 14.0. The van der Waals surface area contributed by atoms with Crippen molar-refractivity contribution in [3.05, 3.63) is 59.9 Å². The Morgan fingerprint density at radius 1 is 0.931 bits per heavy atom. The van der Waals surface area contributed by atoms with Gasteiger partial charge in [-0.1, -0.05) is 17.7 Å². The summed E-state index contributed by atoms with van der Waals surface area (Å²) in [6, 6.07) is 11.1. The van der Waals surface area contributed by atoms with E-state index in [1.165, 1.54) is 10.5 Å². The number of pyridine rings is 1. The van der Waals surface area contributed by atoms with E-state index in [4.69, 9.17) is 0 Å². The van der Waals surface area contributed by atoms with Crippen LogP contribution in [-0.4, -0.2) is 70.5 Å². The minimum atomic E-state index is -0.474. The van der Waals surface area contributed by atoms with Gasteiger partial charge in [-0.05, 0) is 43.7 Å². The average Bonchev–Trinajstić information content (AvgIpc) is 2.94. The Morgan fingerprint density at radius 2 is 1.55 bits per heavy atom. The van der Waals surface area contributed by atoms with E-state index in [9.17, 15) is 9.59 Å². The number of carbonyl (C=O) groups is 2. The molecule has 2 aromatic rings. The number of imide groups is 1. The van der Waals surface area contributed by atoms with Gasteiger partial charge in [-0.3, -0.25) is 24.5 Å². The Morgan fingerprint density at radius 3 is 2.21 bits per heavy atom. The summed E-state index contributed by atoms with van der Waals surface area (Å²) in [5.74, 6) is -0.130. The fraction of sp³-hybridized carbons (Fsp3) is 0.409. The fourth-order valence-corrected chi connectivity index (χ4v) is 3.93. The molecule has 29 heavy (non-hydrogen) atoms. The molecular weight excluding hydrogens is 366 g/mol. The summed E-state index contributed by atoms with van der Waals surface area (Å²) in [4.78, 5) is 37.4. The highest BCUT2D eigenvalue weighted by Gasteiger charge is 2.44. The van der Waals surface area contributed by atoms with E-state index in [1.54, 1.807) is 11.8 Å². The van der Waals surface area contributed by atoms with Crippen LogP contribution >= 0.6 is 0 Å². The van der Waals surface area contributed by atoms with Gasteiger partial charge in [0.25, 0.3) is 5.91 Å². The van der Waals surface area contributed by atoms with Crippen LogP contribution < -0.4 is 4.90 Å². The first kappa shape index (κ1) is 19.5. The van der Waals surface area contributed by atoms with Gasteiger partial charge in [0.15, 0.2) is 0 Å². The minimum absolute atomic E-state index is 0.130. The molecule has 1 aromatic carbocycles. The van der Waals surface area contributed by atoms with Crippen LogP contribution in [0.1, 0.15) is 18.1 Å². The average molecular weight is 393 g/mol. The third kappa shape index (κ3) is 4.16. The van der Waals surface area contributed by atoms with Gasteiger partial charge < -0.3 is 0 Å². The third-order valence-corrected chi connectivity index (χ3v) is 5.72. The monoisotopic (exact) mass is 393 g/mol. The Labute approximate surface area is 171 Å². The van der Waals surface area contributed by atoms with E-state index < -0.39 is 6.04 Å². The van der Waals surface area contributed by atoms with Crippen LogP contribution in [0.4, 0.5) is 10.5 Å². The van der Waals surface area contributed by atoms with Crippen molar-refractivity contribution in [3.63, 3.8) is 0 Å². The van der Waals surface area contributed by atoms with Gasteiger partial charge in [0, 0.05) is 50.8 Å². The fourth-order valence-electron chi connectivity index (χ4n) is 3.93. The number of aromatic nitrogens is 1. The van der Waals surface area contributed by atoms with Crippen molar-refractivity contribution < 1.29 is 9.59 Å². The molecule has 2 saturated heterocycles. The van der Waals surface area contributed by atoms with Crippen LogP contribution in [-0.2, 0) is 11.3 Å². The second-order valence-corrected chi connectivity index (χ2v) is 7.82. The second kappa shape index (κ2) is 8.31. The highest BCUT2D eigenvalue weighted by Crippen LogP contribution is 2.26. The second-order valence-electron chi connectivity index (χ2n) is 7.82. The van der Waals surface area contributed by atoms with Crippen LogP contribution in [0.5, 0.6) is 0 Å². The lowest BCUT2D eigenvalue weighted by Gasteiger charge is -2.36. The predicted molar refractivity (Wildman–Crippen MR) is 111 cm³/mol. The van der Waals surface area contributed by atoms with Crippen molar-refractivity contribution in [1.29, 1.82) is 0 Å². The Kier molecular flexibility index (Phi) is 5.60. The van der Waals surface area contributed by atoms with Crippen LogP contribution in [0.25, 0.3) is 0 Å². The van der Waals surface area contributed by atoms with Crippen LogP contribution in [0, 0.1) is 6.92 Å². The Bertz CT molecular complexity index is 863. The molecule has 2 aliphatic rings. The normalized spacial score (nSPS) is 21.2. The lowest BCUT2D eigenvalue weighted by molar-refractivity contribution is -0.128. The molecule has 0 radical (unpaired) electrons. The zero-order chi connectivity index (χ0) is 20.4. The predicted octanol–water partition coefficient (Wildman–Crippen LogP) is 2.32. The molecule has 3 amide bonds. The molecule has 7 nitrogen and oxygen atoms in total. The molecule has 1 unspecified atom stereocenters. The van der Waals surface area contributed by atoms with Gasteiger partial charge >= 0.3 is 6.03 Å². The van der Waals surface area contributed by atoms with Crippen LogP contribution in [0.3, 0.4) is 0 Å². The lowest BCUT2D eigenvalue weighted by atomic mass is 10.2. The summed E-state index contributed by atoms with van der Waals surface area (Å²) in [5.41, 5.74) is 3.15. The Balaban J connectivity index is 1.35. The molecule has 152 valence electrons. The third-order valence-electron chi connectivity index (χ3n) is 5.72. The van der Waals surface area contributed by atoms with Crippen LogP contribution in [0.2, 0.25) is 0 Å². The van der Waals surface area contributed by atoms with Crippen molar-refractivity contribution in [1.82, 2.24) is 19.7 Å². The first-order valence-electron chi connectivity index (χ1n) is 10.1. The highest BCUT2D eigenvalue weighted by atomic mass is 16.2. The van der Waals surface area contributed by atoms with Gasteiger partial charge in [-0.2, -0.15) is 0 Å². The summed E-state index contributed by atoms with van der Waals surface area (Å²) in [6.07, 6.45) is 3.63. The number of piperazine rings is 1. The SMILES string of the molecule is Cc1ccc(N2C(=O)N(CN3CCN(Cc4ccncc4)CC3)C(=O)C2C)cc1. The van der Waals surface area contributed by atoms with Gasteiger partial charge in [-0.15, -0.1) is 0 Å². The van der Waals surface area contributed by atoms with E-state index in [1.807, 2.05) is 55.7 Å². The number of nitrogens with zero attached hydrogens (tertiary/aromatic N) is 5. The molecule has 2 aliphatic heterocycles. The van der Waals surface area contributed by atoms with Crippen molar-refractivity contribution in [2.45, 2.75) is 26.4 Å². The summed E-state index contributed by atoms with van der Waals surface area (Å²) in [6.45, 7) is 8.55. The van der Waals surface area contributed by atoms with E-state index in [0.717, 1.165) is 44.0 Å². The lowest BCUT2D eigenvalue weighted by Crippen LogP contribution is -2.51. The zero-order valence-electron chi connectivity index (χ0n) is 17.0. The molecule has 0 N–H and O–H groups in total. The van der Waals surface area contributed by atoms with Gasteiger partial charge in [0.05, 0.1) is 6.67 Å². The molecule has 0 bridgehead atoms. The van der Waals surface area contributed by atoms with E-state index in [2.05, 4.69) is 14.8 Å². The standard InChI is InChI=1S/C22H27N5O2/c1-17-3-5-20(6-4-17)27-18(2)21(28)26(22(27)29)16-25-13-11-24(12-14-25)15-19-7-9-23-10-8-19/h3-10,18H,11-16H2,1-2H3. The Hall–Kier alpha value is -2.77. The van der Waals surface area contributed by atoms with Crippen molar-refractivity contribution in [2.75, 3.05) is 37.7 Å². The van der Waals surface area contributed by atoms with E-state index in [-0.39, 0.29) is 11.9 Å². The summed E-state index contributed by atoms with van der Waals surface area (Å²) >= 11 is 0. The number of rotatable bonds is 5. The number of carbonyl (C=O) groups excluding carboxylic acids is 2. The number of anilines is 1. The van der Waals surface area contributed by atoms with Crippen molar-refractivity contribution >= 4 is 17.6 Å². The molecule has 1 aromatic heterocycles. The quantitative estimate of drug-likeness (QED) is 0.730. The molecule has 7 heteroatoms. The number of aryl methyl sites for hydroxylation is 1. The van der Waals surface area contributed by atoms with Crippen LogP contribution in [0.15, 0.2) is 48.8 Å². The highest BCUT2D eigenvalue weighted by molar-refractivity contribution is 6.14. The maximum absolute atomic E-state index is 13.0. The summed E-state index contributed by atoms with van der Waals surface area (Å²) < 4.78 is 0. The molecule has 0 spiro atoms. The molecule has 0 aliphatic carbocycles. The molecule has 2 fully saturated rings. The van der Waals surface area contributed by atoms with E-state index >= 15 is 0 Å². The number of amides is 3. The largest absolute Gasteiger partial charge is 0.333 e. The smallest absolute Gasteiger partial charge is 0.297 e. The minimum Gasteiger partial charge on any atom is -0.297 e. The number of benzene rings is 1. The number of urea groups is 1. The maximum atomic E-state index is 13.0. The number of hydrogen-bond acceptors (Lipinski definition) is 5. The van der Waals surface area contributed by atoms with Crippen molar-refractivity contribution in [2.24, 2.45) is 0 Å². The van der Waals surface area contributed by atoms with Gasteiger partial charge in [0.1, 0.15) is 6.04 Å². The molecule has 4 rings (SSSR count). The topological polar surface area (TPSA) is 60.0 Å². The van der Waals surface area contributed by atoms with Crippen molar-refractivity contribution in [3.8, 4) is 0 Å². The zero-order valence-corrected chi connectivity index (χ0v) is 17.0. The number of hydrogen-bond donors (Lipinski definition) is 0. The summed E-state index contributed by atoms with van der Waals surface area (Å²) in [7, 11) is 0. The van der Waals surface area contributed by atoms with Gasteiger partial charge in [-0.25, -0.2) is 9.69 Å². The molecular formula is C22H27N5O2. The first-order valence-corrected chi connectivity index (χ1v) is 10.1. The molecule has 0 saturated carbocycles. The summed E-state index contributed by atoms with van der Waals surface area (Å²) in [5, 5.41) is 0. The maximum Gasteiger partial charge on any atom is 0.333 e. The van der Waals surface area contributed by atoms with E-state index in [0.29, 0.717) is 6.67 Å². The molecule has 3 heterocycles. The van der Waals surface area contributed by atoms with Gasteiger partial charge in [0.2, 0.25) is 0 Å².